The number of hydrogen-bond donors (Lipinski definition) is 2. The van der Waals surface area contributed by atoms with Crippen LogP contribution in [0.3, 0.4) is 0 Å². The van der Waals surface area contributed by atoms with Crippen molar-refractivity contribution < 1.29 is 28.5 Å². The standard InChI is InChI=1S/C10H13N3O3.C8H10IN3O3/c1-4-7-9(11)12-6(2)13-10(7)16-5-8(14)15-3;1-4-11-7(10)6(9)8(12-4)15-3-5(13)14-2/h4H,1,5H2,2-3H3,(H2,11,12,13);3H2,1-2H3,(H2,10,11,12). The van der Waals surface area contributed by atoms with Crippen molar-refractivity contribution in [2.24, 2.45) is 0 Å². The molecule has 0 bridgehead atoms. The number of esters is 2. The highest BCUT2D eigenvalue weighted by atomic mass is 127. The molecule has 0 amide bonds. The molecule has 0 unspecified atom stereocenters. The summed E-state index contributed by atoms with van der Waals surface area (Å²) in [5, 5.41) is 0. The van der Waals surface area contributed by atoms with Crippen LogP contribution in [0.5, 0.6) is 11.8 Å². The third-order valence-electron chi connectivity index (χ3n) is 3.32. The Kier molecular flexibility index (Phi) is 10.4. The molecular formula is C18H23IN6O6. The van der Waals surface area contributed by atoms with Gasteiger partial charge in [0.15, 0.2) is 13.2 Å². The number of carbonyl (C=O) groups excluding carboxylic acids is 2. The summed E-state index contributed by atoms with van der Waals surface area (Å²) in [5.41, 5.74) is 11.7. The Morgan fingerprint density at radius 2 is 1.35 bits per heavy atom. The molecule has 0 aliphatic rings. The number of methoxy groups -OCH3 is 2. The smallest absolute Gasteiger partial charge is 0.343 e. The molecule has 0 aliphatic carbocycles. The summed E-state index contributed by atoms with van der Waals surface area (Å²) in [4.78, 5) is 37.7. The summed E-state index contributed by atoms with van der Waals surface area (Å²) in [6, 6.07) is 0. The van der Waals surface area contributed by atoms with Crippen molar-refractivity contribution in [1.82, 2.24) is 19.9 Å². The van der Waals surface area contributed by atoms with E-state index in [1.165, 1.54) is 20.3 Å². The molecule has 13 heteroatoms. The molecule has 0 aliphatic heterocycles. The maximum Gasteiger partial charge on any atom is 0.343 e. The van der Waals surface area contributed by atoms with Crippen molar-refractivity contribution >= 4 is 52.2 Å². The predicted octanol–water partition coefficient (Wildman–Crippen LogP) is 1.09. The van der Waals surface area contributed by atoms with E-state index in [0.29, 0.717) is 32.5 Å². The van der Waals surface area contributed by atoms with Crippen molar-refractivity contribution in [3.63, 3.8) is 0 Å². The topological polar surface area (TPSA) is 175 Å². The average Bonchev–Trinajstić information content (AvgIpc) is 2.73. The fourth-order valence-corrected chi connectivity index (χ4v) is 2.30. The Labute approximate surface area is 192 Å². The minimum absolute atomic E-state index is 0.192. The second kappa shape index (κ2) is 12.5. The molecule has 0 fully saturated rings. The first-order valence-corrected chi connectivity index (χ1v) is 9.66. The Morgan fingerprint density at radius 3 is 1.84 bits per heavy atom. The highest BCUT2D eigenvalue weighted by molar-refractivity contribution is 14.1. The molecule has 0 spiro atoms. The molecule has 0 aromatic carbocycles. The zero-order chi connectivity index (χ0) is 23.6. The molecule has 12 nitrogen and oxygen atoms in total. The van der Waals surface area contributed by atoms with E-state index < -0.39 is 11.9 Å². The van der Waals surface area contributed by atoms with Crippen molar-refractivity contribution in [2.75, 3.05) is 38.9 Å². The van der Waals surface area contributed by atoms with Gasteiger partial charge in [-0.1, -0.05) is 12.7 Å². The molecule has 0 atom stereocenters. The zero-order valence-corrected chi connectivity index (χ0v) is 19.6. The Hall–Kier alpha value is -3.23. The minimum Gasteiger partial charge on any atom is -0.466 e. The first kappa shape index (κ1) is 25.8. The molecule has 4 N–H and O–H groups in total. The van der Waals surface area contributed by atoms with Crippen LogP contribution >= 0.6 is 22.6 Å². The van der Waals surface area contributed by atoms with Crippen LogP contribution in [0.4, 0.5) is 11.6 Å². The first-order valence-electron chi connectivity index (χ1n) is 8.58. The van der Waals surface area contributed by atoms with E-state index in [0.717, 1.165) is 0 Å². The highest BCUT2D eigenvalue weighted by Gasteiger charge is 2.12. The fourth-order valence-electron chi connectivity index (χ4n) is 1.90. The predicted molar refractivity (Wildman–Crippen MR) is 120 cm³/mol. The lowest BCUT2D eigenvalue weighted by Crippen LogP contribution is -2.15. The third kappa shape index (κ3) is 8.19. The Bertz CT molecular complexity index is 956. The van der Waals surface area contributed by atoms with Gasteiger partial charge in [-0.15, -0.1) is 0 Å². The summed E-state index contributed by atoms with van der Waals surface area (Å²) >= 11 is 1.95. The van der Waals surface area contributed by atoms with Gasteiger partial charge in [-0.25, -0.2) is 19.6 Å². The summed E-state index contributed by atoms with van der Waals surface area (Å²) < 4.78 is 19.8. The highest BCUT2D eigenvalue weighted by Crippen LogP contribution is 2.23. The number of hydrogen-bond acceptors (Lipinski definition) is 12. The van der Waals surface area contributed by atoms with Crippen LogP contribution in [0.2, 0.25) is 0 Å². The molecule has 31 heavy (non-hydrogen) atoms. The number of nitrogens with two attached hydrogens (primary N) is 2. The van der Waals surface area contributed by atoms with Crippen molar-refractivity contribution in [3.05, 3.63) is 27.4 Å². The largest absolute Gasteiger partial charge is 0.466 e. The van der Waals surface area contributed by atoms with Gasteiger partial charge in [-0.2, -0.15) is 9.97 Å². The number of halogens is 1. The van der Waals surface area contributed by atoms with Gasteiger partial charge in [-0.3, -0.25) is 0 Å². The van der Waals surface area contributed by atoms with Gasteiger partial charge in [0.25, 0.3) is 0 Å². The van der Waals surface area contributed by atoms with Crippen molar-refractivity contribution in [2.45, 2.75) is 13.8 Å². The van der Waals surface area contributed by atoms with E-state index >= 15 is 0 Å². The van der Waals surface area contributed by atoms with Crippen LogP contribution < -0.4 is 20.9 Å². The number of anilines is 2. The second-order valence-electron chi connectivity index (χ2n) is 5.58. The van der Waals surface area contributed by atoms with Crippen molar-refractivity contribution in [1.29, 1.82) is 0 Å². The van der Waals surface area contributed by atoms with Crippen LogP contribution in [0, 0.1) is 17.4 Å². The van der Waals surface area contributed by atoms with Gasteiger partial charge < -0.3 is 30.4 Å². The molecule has 0 radical (unpaired) electrons. The quantitative estimate of drug-likeness (QED) is 0.374. The molecule has 2 aromatic heterocycles. The van der Waals surface area contributed by atoms with E-state index in [1.807, 2.05) is 22.6 Å². The van der Waals surface area contributed by atoms with E-state index in [2.05, 4.69) is 36.0 Å². The maximum atomic E-state index is 10.9. The summed E-state index contributed by atoms with van der Waals surface area (Å²) in [5.74, 6) is 1.11. The number of aryl methyl sites for hydroxylation is 2. The lowest BCUT2D eigenvalue weighted by atomic mass is 10.3. The third-order valence-corrected chi connectivity index (χ3v) is 4.34. The Balaban J connectivity index is 0.000000311. The lowest BCUT2D eigenvalue weighted by molar-refractivity contribution is -0.143. The average molecular weight is 546 g/mol. The summed E-state index contributed by atoms with van der Waals surface area (Å²) in [6.45, 7) is 6.52. The SMILES string of the molecule is C=Cc1c(N)nc(C)nc1OCC(=O)OC.COC(=O)COc1nc(C)nc(N)c1I. The molecule has 0 saturated carbocycles. The molecule has 0 saturated heterocycles. The molecule has 2 heterocycles. The summed E-state index contributed by atoms with van der Waals surface area (Å²) in [7, 11) is 2.57. The number of rotatable bonds is 7. The zero-order valence-electron chi connectivity index (χ0n) is 17.5. The van der Waals surface area contributed by atoms with Gasteiger partial charge in [0.2, 0.25) is 11.8 Å². The van der Waals surface area contributed by atoms with E-state index in [1.54, 1.807) is 13.8 Å². The monoisotopic (exact) mass is 546 g/mol. The lowest BCUT2D eigenvalue weighted by Gasteiger charge is -2.09. The van der Waals surface area contributed by atoms with Gasteiger partial charge in [0, 0.05) is 0 Å². The number of ether oxygens (including phenoxy) is 4. The molecular weight excluding hydrogens is 523 g/mol. The Morgan fingerprint density at radius 1 is 0.903 bits per heavy atom. The van der Waals surface area contributed by atoms with E-state index in [9.17, 15) is 9.59 Å². The van der Waals surface area contributed by atoms with Crippen LogP contribution in [-0.4, -0.2) is 59.3 Å². The molecule has 2 aromatic rings. The van der Waals surface area contributed by atoms with Crippen molar-refractivity contribution in [3.8, 4) is 11.8 Å². The fraction of sp³-hybridized carbons (Fsp3) is 0.333. The summed E-state index contributed by atoms with van der Waals surface area (Å²) in [6.07, 6.45) is 1.47. The number of aromatic nitrogens is 4. The van der Waals surface area contributed by atoms with Crippen LogP contribution in [0.25, 0.3) is 6.08 Å². The molecule has 168 valence electrons. The van der Waals surface area contributed by atoms with Gasteiger partial charge in [-0.05, 0) is 36.4 Å². The van der Waals surface area contributed by atoms with Gasteiger partial charge in [0.1, 0.15) is 26.9 Å². The van der Waals surface area contributed by atoms with Crippen LogP contribution in [0.15, 0.2) is 6.58 Å². The maximum absolute atomic E-state index is 10.9. The normalized spacial score (nSPS) is 9.71. The van der Waals surface area contributed by atoms with Crippen LogP contribution in [-0.2, 0) is 19.1 Å². The van der Waals surface area contributed by atoms with Gasteiger partial charge >= 0.3 is 11.9 Å². The second-order valence-corrected chi connectivity index (χ2v) is 6.66. The minimum atomic E-state index is -0.496. The van der Waals surface area contributed by atoms with E-state index in [-0.39, 0.29) is 24.9 Å². The van der Waals surface area contributed by atoms with E-state index in [4.69, 9.17) is 20.9 Å². The number of carbonyl (C=O) groups is 2. The first-order chi connectivity index (χ1) is 14.6. The number of nitrogen functional groups attached to an aromatic ring is 2. The van der Waals surface area contributed by atoms with Gasteiger partial charge in [0.05, 0.1) is 19.8 Å². The molecule has 2 rings (SSSR count). The van der Waals surface area contributed by atoms with Crippen LogP contribution in [0.1, 0.15) is 17.2 Å². The number of nitrogens with zero attached hydrogens (tertiary/aromatic N) is 4.